The van der Waals surface area contributed by atoms with Crippen molar-refractivity contribution < 1.29 is 9.59 Å². The first-order chi connectivity index (χ1) is 6.97. The van der Waals surface area contributed by atoms with Crippen LogP contribution in [0.5, 0.6) is 0 Å². The Morgan fingerprint density at radius 1 is 1.47 bits per heavy atom. The summed E-state index contributed by atoms with van der Waals surface area (Å²) in [5.41, 5.74) is 0. The molecule has 1 fully saturated rings. The van der Waals surface area contributed by atoms with Crippen LogP contribution in [0.3, 0.4) is 0 Å². The van der Waals surface area contributed by atoms with Crippen molar-refractivity contribution in [2.45, 2.75) is 40.2 Å². The summed E-state index contributed by atoms with van der Waals surface area (Å²) >= 11 is 0. The standard InChI is InChI=1S/C11H20N2O2/c1-5-9(7(2)3)13-6-8(4)10(14)12-11(13)15/h7-9H,5-6H2,1-4H3,(H,12,14,15). The molecule has 2 atom stereocenters. The summed E-state index contributed by atoms with van der Waals surface area (Å²) in [6, 6.07) is -0.0146. The highest BCUT2D eigenvalue weighted by molar-refractivity contribution is 5.97. The van der Waals surface area contributed by atoms with E-state index in [-0.39, 0.29) is 23.9 Å². The minimum Gasteiger partial charge on any atom is -0.320 e. The van der Waals surface area contributed by atoms with E-state index >= 15 is 0 Å². The Morgan fingerprint density at radius 2 is 2.07 bits per heavy atom. The van der Waals surface area contributed by atoms with Gasteiger partial charge in [0.2, 0.25) is 5.91 Å². The van der Waals surface area contributed by atoms with Crippen LogP contribution in [0.4, 0.5) is 4.79 Å². The van der Waals surface area contributed by atoms with Gasteiger partial charge in [0.05, 0.1) is 5.92 Å². The highest BCUT2D eigenvalue weighted by atomic mass is 16.2. The third kappa shape index (κ3) is 2.49. The van der Waals surface area contributed by atoms with Gasteiger partial charge in [-0.15, -0.1) is 0 Å². The Labute approximate surface area is 91.0 Å². The van der Waals surface area contributed by atoms with E-state index in [0.717, 1.165) is 6.42 Å². The smallest absolute Gasteiger partial charge is 0.320 e. The summed E-state index contributed by atoms with van der Waals surface area (Å²) in [6.07, 6.45) is 0.923. The summed E-state index contributed by atoms with van der Waals surface area (Å²) in [4.78, 5) is 24.7. The average molecular weight is 212 g/mol. The monoisotopic (exact) mass is 212 g/mol. The maximum absolute atomic E-state index is 11.6. The summed E-state index contributed by atoms with van der Waals surface area (Å²) < 4.78 is 0. The molecule has 1 aliphatic heterocycles. The first-order valence-corrected chi connectivity index (χ1v) is 5.58. The molecule has 1 rings (SSSR count). The van der Waals surface area contributed by atoms with E-state index in [0.29, 0.717) is 12.5 Å². The van der Waals surface area contributed by atoms with E-state index in [1.54, 1.807) is 4.90 Å². The molecule has 0 saturated carbocycles. The number of hydrogen-bond acceptors (Lipinski definition) is 2. The van der Waals surface area contributed by atoms with Crippen molar-refractivity contribution in [3.63, 3.8) is 0 Å². The molecule has 4 nitrogen and oxygen atoms in total. The summed E-state index contributed by atoms with van der Waals surface area (Å²) in [6.45, 7) is 8.66. The molecule has 0 aromatic heterocycles. The first kappa shape index (κ1) is 12.0. The van der Waals surface area contributed by atoms with E-state index in [4.69, 9.17) is 0 Å². The fourth-order valence-electron chi connectivity index (χ4n) is 2.10. The lowest BCUT2D eigenvalue weighted by atomic mass is 9.97. The van der Waals surface area contributed by atoms with E-state index in [2.05, 4.69) is 26.1 Å². The second kappa shape index (κ2) is 4.64. The van der Waals surface area contributed by atoms with Crippen LogP contribution in [0.15, 0.2) is 0 Å². The fourth-order valence-corrected chi connectivity index (χ4v) is 2.10. The Balaban J connectivity index is 2.76. The molecule has 0 bridgehead atoms. The van der Waals surface area contributed by atoms with E-state index in [1.807, 2.05) is 6.92 Å². The van der Waals surface area contributed by atoms with Crippen LogP contribution in [0, 0.1) is 11.8 Å². The second-order valence-electron chi connectivity index (χ2n) is 4.57. The van der Waals surface area contributed by atoms with Crippen LogP contribution in [-0.4, -0.2) is 29.4 Å². The summed E-state index contributed by atoms with van der Waals surface area (Å²) in [5.74, 6) is 0.159. The molecule has 15 heavy (non-hydrogen) atoms. The topological polar surface area (TPSA) is 49.4 Å². The van der Waals surface area contributed by atoms with Gasteiger partial charge in [-0.05, 0) is 12.3 Å². The van der Waals surface area contributed by atoms with E-state index < -0.39 is 0 Å². The molecule has 1 heterocycles. The van der Waals surface area contributed by atoms with E-state index in [9.17, 15) is 9.59 Å². The Hall–Kier alpha value is -1.06. The van der Waals surface area contributed by atoms with Crippen molar-refractivity contribution in [2.75, 3.05) is 6.54 Å². The Morgan fingerprint density at radius 3 is 2.53 bits per heavy atom. The molecule has 1 aliphatic rings. The molecule has 86 valence electrons. The molecular formula is C11H20N2O2. The van der Waals surface area contributed by atoms with Crippen LogP contribution >= 0.6 is 0 Å². The normalized spacial score (nSPS) is 24.3. The van der Waals surface area contributed by atoms with Gasteiger partial charge >= 0.3 is 6.03 Å². The minimum atomic E-state index is -0.237. The van der Waals surface area contributed by atoms with Gasteiger partial charge in [0.15, 0.2) is 0 Å². The molecule has 2 unspecified atom stereocenters. The Kier molecular flexibility index (Phi) is 3.72. The van der Waals surface area contributed by atoms with Gasteiger partial charge in [0.25, 0.3) is 0 Å². The van der Waals surface area contributed by atoms with Gasteiger partial charge in [0.1, 0.15) is 0 Å². The number of imide groups is 1. The number of carbonyl (C=O) groups is 2. The molecule has 4 heteroatoms. The molecule has 0 spiro atoms. The summed E-state index contributed by atoms with van der Waals surface area (Å²) in [7, 11) is 0. The predicted octanol–water partition coefficient (Wildman–Crippen LogP) is 1.61. The van der Waals surface area contributed by atoms with Crippen molar-refractivity contribution in [1.82, 2.24) is 10.2 Å². The number of rotatable bonds is 3. The lowest BCUT2D eigenvalue weighted by Gasteiger charge is -2.38. The maximum atomic E-state index is 11.6. The zero-order valence-electron chi connectivity index (χ0n) is 9.91. The molecule has 0 radical (unpaired) electrons. The molecule has 1 saturated heterocycles. The van der Waals surface area contributed by atoms with Crippen molar-refractivity contribution in [3.8, 4) is 0 Å². The molecule has 0 aromatic rings. The van der Waals surface area contributed by atoms with Gasteiger partial charge in [-0.2, -0.15) is 0 Å². The largest absolute Gasteiger partial charge is 0.324 e. The van der Waals surface area contributed by atoms with Crippen LogP contribution in [0.25, 0.3) is 0 Å². The molecule has 0 aliphatic carbocycles. The van der Waals surface area contributed by atoms with Crippen LogP contribution in [0.1, 0.15) is 34.1 Å². The lowest BCUT2D eigenvalue weighted by molar-refractivity contribution is -0.125. The van der Waals surface area contributed by atoms with Crippen molar-refractivity contribution in [2.24, 2.45) is 11.8 Å². The van der Waals surface area contributed by atoms with Gasteiger partial charge < -0.3 is 4.90 Å². The molecule has 1 N–H and O–H groups in total. The highest BCUT2D eigenvalue weighted by Gasteiger charge is 2.33. The number of nitrogens with one attached hydrogen (secondary N) is 1. The highest BCUT2D eigenvalue weighted by Crippen LogP contribution is 2.19. The SMILES string of the molecule is CCC(C(C)C)N1CC(C)C(=O)NC1=O. The summed E-state index contributed by atoms with van der Waals surface area (Å²) in [5, 5.41) is 2.40. The maximum Gasteiger partial charge on any atom is 0.324 e. The third-order valence-electron chi connectivity index (χ3n) is 3.00. The van der Waals surface area contributed by atoms with Crippen molar-refractivity contribution >= 4 is 11.9 Å². The lowest BCUT2D eigenvalue weighted by Crippen LogP contribution is -2.58. The molecule has 0 aromatic carbocycles. The van der Waals surface area contributed by atoms with Gasteiger partial charge in [-0.25, -0.2) is 4.79 Å². The second-order valence-corrected chi connectivity index (χ2v) is 4.57. The quantitative estimate of drug-likeness (QED) is 0.772. The van der Waals surface area contributed by atoms with Gasteiger partial charge in [-0.3, -0.25) is 10.1 Å². The zero-order valence-corrected chi connectivity index (χ0v) is 9.91. The van der Waals surface area contributed by atoms with Crippen molar-refractivity contribution in [3.05, 3.63) is 0 Å². The zero-order chi connectivity index (χ0) is 11.6. The number of nitrogens with zero attached hydrogens (tertiary/aromatic N) is 1. The number of hydrogen-bond donors (Lipinski definition) is 1. The number of urea groups is 1. The van der Waals surface area contributed by atoms with Gasteiger partial charge in [-0.1, -0.05) is 27.7 Å². The van der Waals surface area contributed by atoms with Crippen molar-refractivity contribution in [1.29, 1.82) is 0 Å². The predicted molar refractivity (Wildman–Crippen MR) is 58.3 cm³/mol. The Bertz CT molecular complexity index is 263. The van der Waals surface area contributed by atoms with Gasteiger partial charge in [0, 0.05) is 12.6 Å². The third-order valence-corrected chi connectivity index (χ3v) is 3.00. The molecular weight excluding hydrogens is 192 g/mol. The first-order valence-electron chi connectivity index (χ1n) is 5.58. The number of amides is 3. The van der Waals surface area contributed by atoms with Crippen LogP contribution < -0.4 is 5.32 Å². The molecule has 3 amide bonds. The number of carbonyl (C=O) groups excluding carboxylic acids is 2. The minimum absolute atomic E-state index is 0.101. The fraction of sp³-hybridized carbons (Fsp3) is 0.818. The van der Waals surface area contributed by atoms with Crippen LogP contribution in [-0.2, 0) is 4.79 Å². The van der Waals surface area contributed by atoms with Crippen LogP contribution in [0.2, 0.25) is 0 Å². The average Bonchev–Trinajstić information content (AvgIpc) is 2.14. The van der Waals surface area contributed by atoms with E-state index in [1.165, 1.54) is 0 Å².